The molecule has 0 saturated heterocycles. The predicted molar refractivity (Wildman–Crippen MR) is 85.2 cm³/mol. The topological polar surface area (TPSA) is 47.7 Å². The van der Waals surface area contributed by atoms with E-state index in [1.165, 1.54) is 24.8 Å². The molecule has 2 rings (SSSR count). The standard InChI is InChI=1S/C16H27N5/c1-4-7-15(17-9-5-2)14-8-10-20(11-14)12-16-18-13-19-21(16)6-3/h8,10-11,13,15,17H,4-7,9,12H2,1-3H3. The highest BCUT2D eigenvalue weighted by molar-refractivity contribution is 5.16. The molecule has 116 valence electrons. The van der Waals surface area contributed by atoms with E-state index in [2.05, 4.69) is 59.2 Å². The Hall–Kier alpha value is -1.62. The lowest BCUT2D eigenvalue weighted by atomic mass is 10.1. The van der Waals surface area contributed by atoms with Gasteiger partial charge >= 0.3 is 0 Å². The first-order chi connectivity index (χ1) is 10.3. The fourth-order valence-electron chi connectivity index (χ4n) is 2.60. The molecule has 2 aromatic rings. The highest BCUT2D eigenvalue weighted by Crippen LogP contribution is 2.19. The van der Waals surface area contributed by atoms with Crippen molar-refractivity contribution >= 4 is 0 Å². The molecule has 0 spiro atoms. The lowest BCUT2D eigenvalue weighted by Gasteiger charge is -2.16. The van der Waals surface area contributed by atoms with E-state index in [1.807, 2.05) is 4.68 Å². The molecule has 21 heavy (non-hydrogen) atoms. The van der Waals surface area contributed by atoms with Crippen molar-refractivity contribution in [3.8, 4) is 0 Å². The molecule has 2 heterocycles. The first kappa shape index (κ1) is 15.8. The molecule has 1 atom stereocenters. The van der Waals surface area contributed by atoms with Crippen molar-refractivity contribution in [1.29, 1.82) is 0 Å². The maximum Gasteiger partial charge on any atom is 0.146 e. The molecule has 1 unspecified atom stereocenters. The van der Waals surface area contributed by atoms with Crippen LogP contribution in [0.1, 0.15) is 57.5 Å². The maximum absolute atomic E-state index is 4.34. The molecule has 5 heteroatoms. The van der Waals surface area contributed by atoms with Gasteiger partial charge in [0.25, 0.3) is 0 Å². The first-order valence-corrected chi connectivity index (χ1v) is 8.04. The lowest BCUT2D eigenvalue weighted by molar-refractivity contribution is 0.493. The van der Waals surface area contributed by atoms with Crippen molar-refractivity contribution in [3.05, 3.63) is 36.2 Å². The van der Waals surface area contributed by atoms with E-state index in [0.717, 1.165) is 25.5 Å². The van der Waals surface area contributed by atoms with E-state index in [-0.39, 0.29) is 0 Å². The van der Waals surface area contributed by atoms with Crippen LogP contribution in [0.25, 0.3) is 0 Å². The summed E-state index contributed by atoms with van der Waals surface area (Å²) in [5, 5.41) is 7.86. The minimum atomic E-state index is 0.459. The molecule has 2 aromatic heterocycles. The van der Waals surface area contributed by atoms with Crippen LogP contribution in [0.2, 0.25) is 0 Å². The van der Waals surface area contributed by atoms with Gasteiger partial charge in [-0.05, 0) is 37.9 Å². The summed E-state index contributed by atoms with van der Waals surface area (Å²) in [6.45, 7) is 9.24. The van der Waals surface area contributed by atoms with Crippen LogP contribution in [0.15, 0.2) is 24.8 Å². The van der Waals surface area contributed by atoms with Gasteiger partial charge in [0, 0.05) is 25.0 Å². The summed E-state index contributed by atoms with van der Waals surface area (Å²) in [7, 11) is 0. The SMILES string of the molecule is CCCNC(CCC)c1ccn(Cc2ncnn2CC)c1. The van der Waals surface area contributed by atoms with E-state index < -0.39 is 0 Å². The molecule has 0 radical (unpaired) electrons. The van der Waals surface area contributed by atoms with Crippen LogP contribution in [0.4, 0.5) is 0 Å². The number of nitrogens with zero attached hydrogens (tertiary/aromatic N) is 4. The largest absolute Gasteiger partial charge is 0.346 e. The van der Waals surface area contributed by atoms with Gasteiger partial charge in [-0.25, -0.2) is 9.67 Å². The Morgan fingerprint density at radius 2 is 2.10 bits per heavy atom. The molecule has 0 bridgehead atoms. The second-order valence-electron chi connectivity index (χ2n) is 5.40. The molecule has 0 aliphatic carbocycles. The van der Waals surface area contributed by atoms with Crippen LogP contribution in [0.5, 0.6) is 0 Å². The van der Waals surface area contributed by atoms with Crippen LogP contribution in [-0.4, -0.2) is 25.9 Å². The molecular formula is C16H27N5. The van der Waals surface area contributed by atoms with Gasteiger partial charge in [-0.1, -0.05) is 20.3 Å². The van der Waals surface area contributed by atoms with Gasteiger partial charge in [0.15, 0.2) is 0 Å². The van der Waals surface area contributed by atoms with Gasteiger partial charge in [0.2, 0.25) is 0 Å². The molecule has 0 aromatic carbocycles. The minimum Gasteiger partial charge on any atom is -0.346 e. The summed E-state index contributed by atoms with van der Waals surface area (Å²) in [6.07, 6.45) is 9.54. The number of rotatable bonds is 9. The van der Waals surface area contributed by atoms with Gasteiger partial charge in [-0.15, -0.1) is 0 Å². The van der Waals surface area contributed by atoms with Crippen LogP contribution >= 0.6 is 0 Å². The van der Waals surface area contributed by atoms with Crippen LogP contribution in [-0.2, 0) is 13.1 Å². The first-order valence-electron chi connectivity index (χ1n) is 8.04. The quantitative estimate of drug-likeness (QED) is 0.772. The zero-order chi connectivity index (χ0) is 15.1. The van der Waals surface area contributed by atoms with Gasteiger partial charge in [-0.3, -0.25) is 0 Å². The number of nitrogens with one attached hydrogen (secondary N) is 1. The van der Waals surface area contributed by atoms with Crippen molar-refractivity contribution < 1.29 is 0 Å². The Kier molecular flexibility index (Phi) is 5.99. The lowest BCUT2D eigenvalue weighted by Crippen LogP contribution is -2.21. The Balaban J connectivity index is 2.05. The molecule has 5 nitrogen and oxygen atoms in total. The normalized spacial score (nSPS) is 12.7. The van der Waals surface area contributed by atoms with Crippen LogP contribution in [0, 0.1) is 0 Å². The summed E-state index contributed by atoms with van der Waals surface area (Å²) in [5.74, 6) is 1.01. The summed E-state index contributed by atoms with van der Waals surface area (Å²) in [5.41, 5.74) is 1.37. The summed E-state index contributed by atoms with van der Waals surface area (Å²) in [6, 6.07) is 2.68. The third kappa shape index (κ3) is 4.17. The summed E-state index contributed by atoms with van der Waals surface area (Å²) >= 11 is 0. The maximum atomic E-state index is 4.34. The van der Waals surface area contributed by atoms with Crippen LogP contribution < -0.4 is 5.32 Å². The Bertz CT molecular complexity index is 528. The van der Waals surface area contributed by atoms with E-state index in [1.54, 1.807) is 6.33 Å². The van der Waals surface area contributed by atoms with Crippen molar-refractivity contribution in [3.63, 3.8) is 0 Å². The van der Waals surface area contributed by atoms with E-state index in [9.17, 15) is 0 Å². The number of hydrogen-bond acceptors (Lipinski definition) is 3. The zero-order valence-corrected chi connectivity index (χ0v) is 13.4. The Labute approximate surface area is 127 Å². The fraction of sp³-hybridized carbons (Fsp3) is 0.625. The number of aryl methyl sites for hydroxylation is 1. The summed E-state index contributed by atoms with van der Waals surface area (Å²) < 4.78 is 4.14. The predicted octanol–water partition coefficient (Wildman–Crippen LogP) is 2.99. The molecule has 0 aliphatic rings. The second kappa shape index (κ2) is 7.98. The summed E-state index contributed by atoms with van der Waals surface area (Å²) in [4.78, 5) is 4.34. The van der Waals surface area contributed by atoms with Gasteiger partial charge in [0.05, 0.1) is 6.54 Å². The van der Waals surface area contributed by atoms with Crippen molar-refractivity contribution in [2.75, 3.05) is 6.54 Å². The molecule has 0 aliphatic heterocycles. The average Bonchev–Trinajstić information content (AvgIpc) is 3.13. The monoisotopic (exact) mass is 289 g/mol. The average molecular weight is 289 g/mol. The van der Waals surface area contributed by atoms with Gasteiger partial charge < -0.3 is 9.88 Å². The molecular weight excluding hydrogens is 262 g/mol. The fourth-order valence-corrected chi connectivity index (χ4v) is 2.60. The van der Waals surface area contributed by atoms with Gasteiger partial charge in [-0.2, -0.15) is 5.10 Å². The minimum absolute atomic E-state index is 0.459. The number of hydrogen-bond donors (Lipinski definition) is 1. The van der Waals surface area contributed by atoms with Crippen molar-refractivity contribution in [1.82, 2.24) is 24.6 Å². The van der Waals surface area contributed by atoms with Crippen LogP contribution in [0.3, 0.4) is 0 Å². The van der Waals surface area contributed by atoms with E-state index >= 15 is 0 Å². The highest BCUT2D eigenvalue weighted by atomic mass is 15.3. The van der Waals surface area contributed by atoms with Crippen molar-refractivity contribution in [2.24, 2.45) is 0 Å². The third-order valence-corrected chi connectivity index (χ3v) is 3.71. The molecule has 0 amide bonds. The third-order valence-electron chi connectivity index (χ3n) is 3.71. The Morgan fingerprint density at radius 3 is 2.81 bits per heavy atom. The number of aromatic nitrogens is 4. The zero-order valence-electron chi connectivity index (χ0n) is 13.4. The second-order valence-corrected chi connectivity index (χ2v) is 5.40. The Morgan fingerprint density at radius 1 is 1.24 bits per heavy atom. The van der Waals surface area contributed by atoms with Crippen molar-refractivity contribution in [2.45, 2.75) is 59.2 Å². The highest BCUT2D eigenvalue weighted by Gasteiger charge is 2.11. The smallest absolute Gasteiger partial charge is 0.146 e. The molecule has 0 fully saturated rings. The van der Waals surface area contributed by atoms with E-state index in [0.29, 0.717) is 6.04 Å². The van der Waals surface area contributed by atoms with Gasteiger partial charge in [0.1, 0.15) is 12.2 Å². The van der Waals surface area contributed by atoms with E-state index in [4.69, 9.17) is 0 Å². The molecule has 0 saturated carbocycles. The molecule has 1 N–H and O–H groups in total.